The predicted molar refractivity (Wildman–Crippen MR) is 104 cm³/mol. The van der Waals surface area contributed by atoms with Crippen molar-refractivity contribution in [2.75, 3.05) is 26.7 Å². The Morgan fingerprint density at radius 3 is 2.69 bits per heavy atom. The Bertz CT molecular complexity index is 679. The van der Waals surface area contributed by atoms with Crippen molar-refractivity contribution in [3.63, 3.8) is 0 Å². The van der Waals surface area contributed by atoms with Gasteiger partial charge in [-0.1, -0.05) is 13.3 Å². The summed E-state index contributed by atoms with van der Waals surface area (Å²) in [7, 11) is 2.12. The maximum Gasteiger partial charge on any atom is 0.573 e. The van der Waals surface area contributed by atoms with Crippen LogP contribution in [-0.2, 0) is 4.79 Å². The minimum atomic E-state index is -4.84. The lowest BCUT2D eigenvalue weighted by Crippen LogP contribution is -2.38. The highest BCUT2D eigenvalue weighted by Gasteiger charge is 2.34. The van der Waals surface area contributed by atoms with Crippen LogP contribution in [0.3, 0.4) is 0 Å². The first-order valence-corrected chi connectivity index (χ1v) is 10.1. The predicted octanol–water partition coefficient (Wildman–Crippen LogP) is 4.71. The Labute approximate surface area is 170 Å². The van der Waals surface area contributed by atoms with Gasteiger partial charge in [0.25, 0.3) is 5.88 Å². The third-order valence-electron chi connectivity index (χ3n) is 5.65. The highest BCUT2D eigenvalue weighted by Crippen LogP contribution is 2.33. The molecule has 1 saturated heterocycles. The number of Topliss-reactive ketones (excluding diaryl/α,β-unsaturated/α-hetero) is 1. The van der Waals surface area contributed by atoms with Crippen molar-refractivity contribution in [3.8, 4) is 11.6 Å². The molecule has 0 spiro atoms. The van der Waals surface area contributed by atoms with Crippen LogP contribution in [0.2, 0.25) is 0 Å². The lowest BCUT2D eigenvalue weighted by molar-refractivity contribution is -0.275. The number of ketones is 1. The van der Waals surface area contributed by atoms with Gasteiger partial charge in [0.15, 0.2) is 5.75 Å². The average molecular weight is 416 g/mol. The van der Waals surface area contributed by atoms with Crippen molar-refractivity contribution in [3.05, 3.63) is 18.3 Å². The number of hydrogen-bond acceptors (Lipinski definition) is 5. The number of carbonyl (C=O) groups excluding carboxylic acids is 1. The third-order valence-corrected chi connectivity index (χ3v) is 5.65. The second-order valence-corrected chi connectivity index (χ2v) is 8.47. The summed E-state index contributed by atoms with van der Waals surface area (Å²) >= 11 is 0. The van der Waals surface area contributed by atoms with E-state index in [1.54, 1.807) is 13.8 Å². The number of pyridine rings is 1. The number of aromatic nitrogens is 1. The summed E-state index contributed by atoms with van der Waals surface area (Å²) in [5, 5.41) is 0. The molecule has 1 aliphatic rings. The quantitative estimate of drug-likeness (QED) is 0.583. The number of ether oxygens (including phenoxy) is 2. The molecule has 1 aromatic heterocycles. The lowest BCUT2D eigenvalue weighted by Gasteiger charge is -2.36. The minimum Gasteiger partial charge on any atom is -0.474 e. The molecule has 0 radical (unpaired) electrons. The first-order valence-electron chi connectivity index (χ1n) is 10.1. The maximum absolute atomic E-state index is 12.8. The summed E-state index contributed by atoms with van der Waals surface area (Å²) in [4.78, 5) is 18.9. The van der Waals surface area contributed by atoms with E-state index < -0.39 is 17.5 Å². The zero-order valence-corrected chi connectivity index (χ0v) is 17.6. The first kappa shape index (κ1) is 23.4. The Morgan fingerprint density at radius 1 is 1.31 bits per heavy atom. The van der Waals surface area contributed by atoms with Crippen LogP contribution in [0.15, 0.2) is 18.3 Å². The third kappa shape index (κ3) is 7.17. The minimum absolute atomic E-state index is 0.0421. The van der Waals surface area contributed by atoms with Gasteiger partial charge in [-0.3, -0.25) is 4.79 Å². The van der Waals surface area contributed by atoms with Crippen LogP contribution >= 0.6 is 0 Å². The maximum atomic E-state index is 12.8. The van der Waals surface area contributed by atoms with Gasteiger partial charge in [-0.25, -0.2) is 4.98 Å². The number of piperidine rings is 1. The monoisotopic (exact) mass is 416 g/mol. The Hall–Kier alpha value is -1.83. The van der Waals surface area contributed by atoms with Gasteiger partial charge in [0.1, 0.15) is 12.4 Å². The number of hydrogen-bond donors (Lipinski definition) is 0. The molecule has 8 heteroatoms. The van der Waals surface area contributed by atoms with E-state index >= 15 is 0 Å². The van der Waals surface area contributed by atoms with E-state index in [2.05, 4.69) is 28.6 Å². The van der Waals surface area contributed by atoms with Gasteiger partial charge in [-0.2, -0.15) is 0 Å². The van der Waals surface area contributed by atoms with E-state index in [1.807, 2.05) is 0 Å². The van der Waals surface area contributed by atoms with Gasteiger partial charge < -0.3 is 14.4 Å². The SMILES string of the molecule is CC[C@H]1CN(C)CC[C@@H]1CCC(=O)C(C)(C)COc1ncccc1OC(F)(F)F. The van der Waals surface area contributed by atoms with Crippen molar-refractivity contribution in [2.45, 2.75) is 52.8 Å². The summed E-state index contributed by atoms with van der Waals surface area (Å²) in [6, 6.07) is 2.46. The van der Waals surface area contributed by atoms with E-state index in [9.17, 15) is 18.0 Å². The summed E-state index contributed by atoms with van der Waals surface area (Å²) in [5.74, 6) is 0.379. The van der Waals surface area contributed by atoms with Crippen molar-refractivity contribution in [1.29, 1.82) is 0 Å². The molecule has 0 aromatic carbocycles. The van der Waals surface area contributed by atoms with Crippen molar-refractivity contribution in [1.82, 2.24) is 9.88 Å². The van der Waals surface area contributed by atoms with Crippen molar-refractivity contribution in [2.24, 2.45) is 17.3 Å². The molecule has 29 heavy (non-hydrogen) atoms. The van der Waals surface area contributed by atoms with Crippen LogP contribution in [0.5, 0.6) is 11.6 Å². The zero-order valence-electron chi connectivity index (χ0n) is 17.6. The van der Waals surface area contributed by atoms with Crippen molar-refractivity contribution >= 4 is 5.78 Å². The van der Waals surface area contributed by atoms with Crippen LogP contribution in [0.1, 0.15) is 46.5 Å². The van der Waals surface area contributed by atoms with Crippen molar-refractivity contribution < 1.29 is 27.4 Å². The molecule has 0 saturated carbocycles. The number of alkyl halides is 3. The molecule has 0 N–H and O–H groups in total. The molecule has 0 amide bonds. The number of carbonyl (C=O) groups is 1. The van der Waals surface area contributed by atoms with E-state index in [0.29, 0.717) is 18.3 Å². The van der Waals surface area contributed by atoms with Crippen LogP contribution in [0.4, 0.5) is 13.2 Å². The zero-order chi connectivity index (χ0) is 21.7. The van der Waals surface area contributed by atoms with E-state index in [0.717, 1.165) is 38.4 Å². The van der Waals surface area contributed by atoms with Crippen LogP contribution in [0, 0.1) is 17.3 Å². The largest absolute Gasteiger partial charge is 0.573 e. The number of nitrogens with zero attached hydrogens (tertiary/aromatic N) is 2. The Balaban J connectivity index is 1.91. The number of likely N-dealkylation sites (tertiary alicyclic amines) is 1. The summed E-state index contributed by atoms with van der Waals surface area (Å²) in [6.45, 7) is 7.71. The molecule has 1 aromatic rings. The number of halogens is 3. The Morgan fingerprint density at radius 2 is 2.03 bits per heavy atom. The Kier molecular flexibility index (Phi) is 7.91. The summed E-state index contributed by atoms with van der Waals surface area (Å²) in [5.41, 5.74) is -0.833. The molecule has 2 atom stereocenters. The van der Waals surface area contributed by atoms with Gasteiger partial charge >= 0.3 is 6.36 Å². The molecule has 0 unspecified atom stereocenters. The van der Waals surface area contributed by atoms with E-state index in [4.69, 9.17) is 4.74 Å². The molecular weight excluding hydrogens is 385 g/mol. The fraction of sp³-hybridized carbons (Fsp3) is 0.714. The van der Waals surface area contributed by atoms with E-state index in [1.165, 1.54) is 12.3 Å². The molecule has 2 rings (SSSR count). The number of rotatable bonds is 9. The smallest absolute Gasteiger partial charge is 0.474 e. The molecule has 0 bridgehead atoms. The first-order chi connectivity index (χ1) is 13.5. The average Bonchev–Trinajstić information content (AvgIpc) is 2.64. The molecular formula is C21H31F3N2O3. The van der Waals surface area contributed by atoms with E-state index in [-0.39, 0.29) is 18.3 Å². The lowest BCUT2D eigenvalue weighted by atomic mass is 9.78. The standard InChI is InChI=1S/C21H31F3N2O3/c1-5-15-13-26(4)12-10-16(15)8-9-18(27)20(2,3)14-28-19-17(7-6-11-25-19)29-21(22,23)24/h6-7,11,15-16H,5,8-10,12-14H2,1-4H3/t15-,16-/m0/s1. The van der Waals surface area contributed by atoms with Gasteiger partial charge in [-0.05, 0) is 64.3 Å². The highest BCUT2D eigenvalue weighted by molar-refractivity contribution is 5.84. The van der Waals surface area contributed by atoms with Gasteiger partial charge in [0, 0.05) is 19.2 Å². The fourth-order valence-corrected chi connectivity index (χ4v) is 3.78. The van der Waals surface area contributed by atoms with Crippen LogP contribution < -0.4 is 9.47 Å². The summed E-state index contributed by atoms with van der Waals surface area (Å²) < 4.78 is 47.0. The highest BCUT2D eigenvalue weighted by atomic mass is 19.4. The van der Waals surface area contributed by atoms with Crippen LogP contribution in [-0.4, -0.2) is 48.8 Å². The fourth-order valence-electron chi connectivity index (χ4n) is 3.78. The molecule has 0 aliphatic carbocycles. The van der Waals surface area contributed by atoms with Gasteiger partial charge in [0.05, 0.1) is 5.41 Å². The second kappa shape index (κ2) is 9.78. The molecule has 1 fully saturated rings. The second-order valence-electron chi connectivity index (χ2n) is 8.47. The normalized spacial score (nSPS) is 21.1. The van der Waals surface area contributed by atoms with Gasteiger partial charge in [-0.15, -0.1) is 13.2 Å². The molecule has 2 heterocycles. The summed E-state index contributed by atoms with van der Waals surface area (Å²) in [6.07, 6.45) is -0.0621. The topological polar surface area (TPSA) is 51.7 Å². The molecule has 164 valence electrons. The van der Waals surface area contributed by atoms with Gasteiger partial charge in [0.2, 0.25) is 0 Å². The van der Waals surface area contributed by atoms with Crippen LogP contribution in [0.25, 0.3) is 0 Å². The molecule has 1 aliphatic heterocycles. The molecule has 5 nitrogen and oxygen atoms in total.